The molecule has 1 heterocycles. The van der Waals surface area contributed by atoms with Gasteiger partial charge in [-0.15, -0.1) is 10.2 Å². The second-order valence-corrected chi connectivity index (χ2v) is 14.8. The first kappa shape index (κ1) is 43.7. The van der Waals surface area contributed by atoms with Gasteiger partial charge in [0.1, 0.15) is 0 Å². The highest BCUT2D eigenvalue weighted by Crippen LogP contribution is 2.26. The first-order valence-electron chi connectivity index (χ1n) is 21.7. The van der Waals surface area contributed by atoms with E-state index in [4.69, 9.17) is 0 Å². The number of fused-ring (bicyclic) bond motifs is 1. The average molecular weight is 691 g/mol. The van der Waals surface area contributed by atoms with E-state index < -0.39 is 0 Å². The Morgan fingerprint density at radius 1 is 0.400 bits per heavy atom. The van der Waals surface area contributed by atoms with Crippen molar-refractivity contribution in [1.29, 1.82) is 0 Å². The Morgan fingerprint density at radius 2 is 0.660 bits per heavy atom. The molecule has 0 fully saturated rings. The standard InChI is InChI=1S/C44H78N6/c1-3-5-7-9-11-13-15-17-19-21-23-25-27-29-31-35-39-45-47-43-41-37-33-34-38-42(41)44(50-49-43)48-46-40-36-32-30-28-26-24-22-20-18-16-14-12-10-8-6-4-2/h33-34,37-40H,3-32,35-36H2,1-2H3,(H,47,49)(H,48,50)/b45-39+,46-40+. The quantitative estimate of drug-likeness (QED) is 0.0424. The van der Waals surface area contributed by atoms with E-state index in [9.17, 15) is 0 Å². The number of hydrazone groups is 2. The van der Waals surface area contributed by atoms with Crippen molar-refractivity contribution >= 4 is 34.8 Å². The number of nitrogens with zero attached hydrogens (tertiary/aromatic N) is 4. The van der Waals surface area contributed by atoms with Gasteiger partial charge < -0.3 is 0 Å². The fraction of sp³-hybridized carbons (Fsp3) is 0.773. The molecule has 0 saturated carbocycles. The van der Waals surface area contributed by atoms with E-state index >= 15 is 0 Å². The number of hydrogen-bond acceptors (Lipinski definition) is 6. The zero-order valence-electron chi connectivity index (χ0n) is 32.9. The lowest BCUT2D eigenvalue weighted by atomic mass is 10.0. The van der Waals surface area contributed by atoms with Crippen LogP contribution in [0.1, 0.15) is 219 Å². The number of hydrogen-bond donors (Lipinski definition) is 2. The van der Waals surface area contributed by atoms with Gasteiger partial charge in [0.05, 0.1) is 0 Å². The molecule has 0 amide bonds. The van der Waals surface area contributed by atoms with Crippen LogP contribution >= 0.6 is 0 Å². The number of anilines is 2. The van der Waals surface area contributed by atoms with Crippen molar-refractivity contribution in [2.24, 2.45) is 10.2 Å². The molecule has 1 aromatic carbocycles. The normalized spacial score (nSPS) is 11.8. The van der Waals surface area contributed by atoms with Gasteiger partial charge in [0.25, 0.3) is 0 Å². The van der Waals surface area contributed by atoms with Gasteiger partial charge in [0.2, 0.25) is 0 Å². The molecule has 2 aromatic rings. The molecule has 0 aliphatic heterocycles. The maximum absolute atomic E-state index is 4.45. The van der Waals surface area contributed by atoms with Crippen molar-refractivity contribution in [3.63, 3.8) is 0 Å². The van der Waals surface area contributed by atoms with Crippen LogP contribution in [0.25, 0.3) is 10.8 Å². The van der Waals surface area contributed by atoms with Gasteiger partial charge in [0.15, 0.2) is 11.6 Å². The molecule has 284 valence electrons. The van der Waals surface area contributed by atoms with Crippen molar-refractivity contribution < 1.29 is 0 Å². The highest BCUT2D eigenvalue weighted by atomic mass is 15.4. The molecule has 0 saturated heterocycles. The Kier molecular flexibility index (Phi) is 29.4. The van der Waals surface area contributed by atoms with Crippen LogP contribution in [0.5, 0.6) is 0 Å². The first-order chi connectivity index (χ1) is 24.9. The van der Waals surface area contributed by atoms with Crippen LogP contribution in [0.2, 0.25) is 0 Å². The van der Waals surface area contributed by atoms with E-state index in [-0.39, 0.29) is 0 Å². The molecule has 50 heavy (non-hydrogen) atoms. The fourth-order valence-electron chi connectivity index (χ4n) is 6.83. The van der Waals surface area contributed by atoms with Crippen LogP contribution < -0.4 is 10.9 Å². The number of unbranched alkanes of at least 4 members (excludes halogenated alkanes) is 30. The maximum atomic E-state index is 4.45. The third kappa shape index (κ3) is 23.8. The minimum Gasteiger partial charge on any atom is -0.260 e. The number of aromatic nitrogens is 2. The molecule has 0 aliphatic rings. The van der Waals surface area contributed by atoms with Crippen LogP contribution in [0, 0.1) is 0 Å². The Hall–Kier alpha value is -2.50. The highest BCUT2D eigenvalue weighted by molar-refractivity contribution is 5.98. The van der Waals surface area contributed by atoms with E-state index in [1.807, 2.05) is 24.6 Å². The molecule has 6 nitrogen and oxygen atoms in total. The number of rotatable bonds is 36. The summed E-state index contributed by atoms with van der Waals surface area (Å²) in [4.78, 5) is 0. The number of nitrogens with one attached hydrogen (secondary N) is 2. The third-order valence-electron chi connectivity index (χ3n) is 10.1. The van der Waals surface area contributed by atoms with Crippen LogP contribution in [0.15, 0.2) is 34.5 Å². The summed E-state index contributed by atoms with van der Waals surface area (Å²) >= 11 is 0. The molecule has 6 heteroatoms. The van der Waals surface area contributed by atoms with E-state index in [1.165, 1.54) is 193 Å². The molecule has 0 atom stereocenters. The van der Waals surface area contributed by atoms with E-state index in [1.54, 1.807) is 0 Å². The average Bonchev–Trinajstić information content (AvgIpc) is 3.14. The summed E-state index contributed by atoms with van der Waals surface area (Å²) < 4.78 is 0. The van der Waals surface area contributed by atoms with Gasteiger partial charge in [-0.25, -0.2) is 0 Å². The van der Waals surface area contributed by atoms with E-state index in [0.29, 0.717) is 11.6 Å². The van der Waals surface area contributed by atoms with Crippen molar-refractivity contribution in [2.45, 2.75) is 219 Å². The summed E-state index contributed by atoms with van der Waals surface area (Å²) in [5, 5.41) is 19.7. The van der Waals surface area contributed by atoms with Crippen molar-refractivity contribution in [3.05, 3.63) is 24.3 Å². The molecular weight excluding hydrogens is 613 g/mol. The van der Waals surface area contributed by atoms with Gasteiger partial charge >= 0.3 is 0 Å². The molecule has 1 aromatic heterocycles. The molecule has 0 aliphatic carbocycles. The largest absolute Gasteiger partial charge is 0.260 e. The Labute approximate surface area is 308 Å². The van der Waals surface area contributed by atoms with Gasteiger partial charge in [-0.2, -0.15) is 10.2 Å². The van der Waals surface area contributed by atoms with E-state index in [0.717, 1.165) is 23.6 Å². The molecular formula is C44H78N6. The SMILES string of the molecule is CCCCCCCCCCCCCCCCC/C=N/Nc1nnc(N/N=C/CCCCCCCCCCCCCCCCC)c2ccccc12. The summed E-state index contributed by atoms with van der Waals surface area (Å²) in [7, 11) is 0. The second-order valence-electron chi connectivity index (χ2n) is 14.8. The molecule has 0 unspecified atom stereocenters. The van der Waals surface area contributed by atoms with Gasteiger partial charge in [0, 0.05) is 23.2 Å². The molecule has 0 radical (unpaired) electrons. The Balaban J connectivity index is 1.47. The maximum Gasteiger partial charge on any atom is 0.176 e. The zero-order valence-corrected chi connectivity index (χ0v) is 32.9. The van der Waals surface area contributed by atoms with Crippen molar-refractivity contribution in [2.75, 3.05) is 10.9 Å². The molecule has 0 bridgehead atoms. The van der Waals surface area contributed by atoms with Gasteiger partial charge in [-0.1, -0.05) is 218 Å². The summed E-state index contributed by atoms with van der Waals surface area (Å²) in [6, 6.07) is 8.16. The highest BCUT2D eigenvalue weighted by Gasteiger charge is 2.08. The summed E-state index contributed by atoms with van der Waals surface area (Å²) in [6.45, 7) is 4.59. The predicted molar refractivity (Wildman–Crippen MR) is 223 cm³/mol. The monoisotopic (exact) mass is 691 g/mol. The smallest absolute Gasteiger partial charge is 0.176 e. The Bertz CT molecular complexity index is 999. The fourth-order valence-corrected chi connectivity index (χ4v) is 6.83. The zero-order chi connectivity index (χ0) is 35.4. The minimum absolute atomic E-state index is 0.681. The van der Waals surface area contributed by atoms with Crippen LogP contribution in [-0.4, -0.2) is 22.6 Å². The topological polar surface area (TPSA) is 74.6 Å². The van der Waals surface area contributed by atoms with Gasteiger partial charge in [-0.3, -0.25) is 10.9 Å². The molecule has 0 spiro atoms. The minimum atomic E-state index is 0.681. The summed E-state index contributed by atoms with van der Waals surface area (Å²) in [5.74, 6) is 1.36. The van der Waals surface area contributed by atoms with Gasteiger partial charge in [-0.05, 0) is 25.7 Å². The molecule has 2 rings (SSSR count). The summed E-state index contributed by atoms with van der Waals surface area (Å²) in [5.41, 5.74) is 6.25. The van der Waals surface area contributed by atoms with Crippen LogP contribution in [0.4, 0.5) is 11.6 Å². The number of benzene rings is 1. The van der Waals surface area contributed by atoms with Crippen LogP contribution in [0.3, 0.4) is 0 Å². The second kappa shape index (κ2) is 33.6. The predicted octanol–water partition coefficient (Wildman–Crippen LogP) is 14.9. The van der Waals surface area contributed by atoms with E-state index in [2.05, 4.69) is 57.2 Å². The Morgan fingerprint density at radius 3 is 0.940 bits per heavy atom. The lowest BCUT2D eigenvalue weighted by Gasteiger charge is -2.08. The summed E-state index contributed by atoms with van der Waals surface area (Å²) in [6.07, 6.45) is 47.6. The van der Waals surface area contributed by atoms with Crippen molar-refractivity contribution in [1.82, 2.24) is 10.2 Å². The van der Waals surface area contributed by atoms with Crippen LogP contribution in [-0.2, 0) is 0 Å². The lowest BCUT2D eigenvalue weighted by molar-refractivity contribution is 0.533. The molecule has 2 N–H and O–H groups in total. The van der Waals surface area contributed by atoms with Crippen molar-refractivity contribution in [3.8, 4) is 0 Å². The third-order valence-corrected chi connectivity index (χ3v) is 10.1. The lowest BCUT2D eigenvalue weighted by Crippen LogP contribution is -2.01. The first-order valence-corrected chi connectivity index (χ1v) is 21.7.